The maximum Gasteiger partial charge on any atom is 0.191 e. The van der Waals surface area contributed by atoms with Gasteiger partial charge in [-0.05, 0) is 44.6 Å². The lowest BCUT2D eigenvalue weighted by Crippen LogP contribution is -2.51. The second kappa shape index (κ2) is 9.96. The van der Waals surface area contributed by atoms with Crippen LogP contribution in [0.2, 0.25) is 0 Å². The summed E-state index contributed by atoms with van der Waals surface area (Å²) in [7, 11) is 1.87. The highest BCUT2D eigenvalue weighted by Gasteiger charge is 2.26. The van der Waals surface area contributed by atoms with Gasteiger partial charge in [0.1, 0.15) is 0 Å². The van der Waals surface area contributed by atoms with Crippen LogP contribution in [0.5, 0.6) is 0 Å². The Bertz CT molecular complexity index is 552. The number of guanidine groups is 1. The lowest BCUT2D eigenvalue weighted by molar-refractivity contribution is 0.119. The number of aryl methyl sites for hydroxylation is 1. The summed E-state index contributed by atoms with van der Waals surface area (Å²) in [6, 6.07) is 10.2. The van der Waals surface area contributed by atoms with Gasteiger partial charge in [-0.15, -0.1) is 0 Å². The van der Waals surface area contributed by atoms with Crippen molar-refractivity contribution < 1.29 is 0 Å². The molecule has 3 rings (SSSR count). The van der Waals surface area contributed by atoms with Crippen LogP contribution in [0.15, 0.2) is 29.3 Å². The third-order valence-electron chi connectivity index (χ3n) is 6.01. The first-order valence-corrected chi connectivity index (χ1v) is 10.5. The predicted molar refractivity (Wildman–Crippen MR) is 111 cm³/mol. The number of likely N-dealkylation sites (tertiary alicyclic amines) is 1. The van der Waals surface area contributed by atoms with Crippen LogP contribution in [0.3, 0.4) is 0 Å². The summed E-state index contributed by atoms with van der Waals surface area (Å²) >= 11 is 0. The third kappa shape index (κ3) is 5.73. The van der Waals surface area contributed by atoms with Gasteiger partial charge >= 0.3 is 0 Å². The lowest BCUT2D eigenvalue weighted by atomic mass is 9.92. The van der Waals surface area contributed by atoms with E-state index < -0.39 is 0 Å². The van der Waals surface area contributed by atoms with Crippen molar-refractivity contribution in [2.75, 3.05) is 26.7 Å². The second-order valence-corrected chi connectivity index (χ2v) is 7.98. The number of nitrogens with one attached hydrogen (secondary N) is 2. The van der Waals surface area contributed by atoms with Gasteiger partial charge in [0.05, 0.1) is 0 Å². The van der Waals surface area contributed by atoms with E-state index in [0.717, 1.165) is 25.0 Å². The maximum atomic E-state index is 4.42. The van der Waals surface area contributed by atoms with Crippen molar-refractivity contribution in [3.63, 3.8) is 0 Å². The molecular weight excluding hydrogens is 320 g/mol. The molecule has 1 aliphatic carbocycles. The molecule has 2 aliphatic rings. The van der Waals surface area contributed by atoms with Crippen molar-refractivity contribution in [1.82, 2.24) is 15.5 Å². The zero-order valence-corrected chi connectivity index (χ0v) is 16.6. The van der Waals surface area contributed by atoms with E-state index >= 15 is 0 Å². The normalized spacial score (nSPS) is 20.9. The van der Waals surface area contributed by atoms with Gasteiger partial charge in [0.15, 0.2) is 5.96 Å². The van der Waals surface area contributed by atoms with E-state index in [1.54, 1.807) is 0 Å². The fourth-order valence-corrected chi connectivity index (χ4v) is 4.32. The SMILES string of the molecule is CN=C(NCCc1ccc(C)cc1)NC1CCN(C2CCCCC2)CC1. The van der Waals surface area contributed by atoms with Crippen LogP contribution in [0, 0.1) is 6.92 Å². The monoisotopic (exact) mass is 356 g/mol. The summed E-state index contributed by atoms with van der Waals surface area (Å²) in [6.07, 6.45) is 10.6. The molecule has 1 aliphatic heterocycles. The Hall–Kier alpha value is -1.55. The van der Waals surface area contributed by atoms with Crippen LogP contribution >= 0.6 is 0 Å². The number of hydrogen-bond donors (Lipinski definition) is 2. The summed E-state index contributed by atoms with van der Waals surface area (Å²) in [4.78, 5) is 7.16. The Labute approximate surface area is 159 Å². The van der Waals surface area contributed by atoms with Gasteiger partial charge in [-0.25, -0.2) is 0 Å². The second-order valence-electron chi connectivity index (χ2n) is 7.98. The summed E-state index contributed by atoms with van der Waals surface area (Å²) in [5.41, 5.74) is 2.69. The molecule has 2 N–H and O–H groups in total. The van der Waals surface area contributed by atoms with Gasteiger partial charge in [0.2, 0.25) is 0 Å². The molecule has 0 radical (unpaired) electrons. The molecule has 0 bridgehead atoms. The first kappa shape index (κ1) is 19.2. The van der Waals surface area contributed by atoms with Gasteiger partial charge in [-0.2, -0.15) is 0 Å². The van der Waals surface area contributed by atoms with E-state index in [4.69, 9.17) is 0 Å². The highest BCUT2D eigenvalue weighted by atomic mass is 15.2. The summed E-state index contributed by atoms with van der Waals surface area (Å²) in [6.45, 7) is 5.53. The van der Waals surface area contributed by atoms with Crippen LogP contribution in [0.25, 0.3) is 0 Å². The summed E-state index contributed by atoms with van der Waals surface area (Å²) < 4.78 is 0. The van der Waals surface area contributed by atoms with E-state index in [1.807, 2.05) is 7.05 Å². The molecule has 1 heterocycles. The van der Waals surface area contributed by atoms with Crippen molar-refractivity contribution >= 4 is 5.96 Å². The molecule has 1 aromatic rings. The van der Waals surface area contributed by atoms with Crippen molar-refractivity contribution in [3.05, 3.63) is 35.4 Å². The first-order chi connectivity index (χ1) is 12.7. The average molecular weight is 357 g/mol. The number of hydrogen-bond acceptors (Lipinski definition) is 2. The van der Waals surface area contributed by atoms with Gasteiger partial charge in [0, 0.05) is 38.8 Å². The van der Waals surface area contributed by atoms with E-state index in [9.17, 15) is 0 Å². The van der Waals surface area contributed by atoms with Gasteiger partial charge in [0.25, 0.3) is 0 Å². The Balaban J connectivity index is 1.36. The van der Waals surface area contributed by atoms with Crippen LogP contribution in [-0.4, -0.2) is 49.6 Å². The van der Waals surface area contributed by atoms with E-state index in [0.29, 0.717) is 6.04 Å². The minimum atomic E-state index is 0.556. The molecule has 0 amide bonds. The van der Waals surface area contributed by atoms with Gasteiger partial charge in [-0.3, -0.25) is 4.99 Å². The highest BCUT2D eigenvalue weighted by molar-refractivity contribution is 5.79. The molecule has 1 saturated heterocycles. The van der Waals surface area contributed by atoms with Crippen molar-refractivity contribution in [2.45, 2.75) is 70.4 Å². The number of rotatable bonds is 5. The number of benzene rings is 1. The molecule has 0 atom stereocenters. The molecular formula is C22H36N4. The van der Waals surface area contributed by atoms with Gasteiger partial charge in [-0.1, -0.05) is 49.1 Å². The lowest BCUT2D eigenvalue weighted by Gasteiger charge is -2.39. The number of nitrogens with zero attached hydrogens (tertiary/aromatic N) is 2. The van der Waals surface area contributed by atoms with Crippen LogP contribution < -0.4 is 10.6 Å². The Kier molecular flexibility index (Phi) is 7.36. The molecule has 1 saturated carbocycles. The van der Waals surface area contributed by atoms with Crippen LogP contribution in [-0.2, 0) is 6.42 Å². The molecule has 144 valence electrons. The zero-order valence-electron chi connectivity index (χ0n) is 16.6. The highest BCUT2D eigenvalue weighted by Crippen LogP contribution is 2.25. The van der Waals surface area contributed by atoms with Crippen LogP contribution in [0.4, 0.5) is 0 Å². The summed E-state index contributed by atoms with van der Waals surface area (Å²) in [5.74, 6) is 0.952. The molecule has 26 heavy (non-hydrogen) atoms. The molecule has 4 heteroatoms. The Morgan fingerprint density at radius 2 is 1.73 bits per heavy atom. The fourth-order valence-electron chi connectivity index (χ4n) is 4.32. The van der Waals surface area contributed by atoms with E-state index in [-0.39, 0.29) is 0 Å². The van der Waals surface area contributed by atoms with E-state index in [2.05, 4.69) is 51.7 Å². The largest absolute Gasteiger partial charge is 0.356 e. The topological polar surface area (TPSA) is 39.7 Å². The fraction of sp³-hybridized carbons (Fsp3) is 0.682. The number of piperidine rings is 1. The minimum Gasteiger partial charge on any atom is -0.356 e. The molecule has 1 aromatic carbocycles. The zero-order chi connectivity index (χ0) is 18.2. The third-order valence-corrected chi connectivity index (χ3v) is 6.01. The average Bonchev–Trinajstić information content (AvgIpc) is 2.70. The quantitative estimate of drug-likeness (QED) is 0.626. The smallest absolute Gasteiger partial charge is 0.191 e. The molecule has 0 unspecified atom stereocenters. The van der Waals surface area contributed by atoms with Crippen molar-refractivity contribution in [2.24, 2.45) is 4.99 Å². The van der Waals surface area contributed by atoms with Crippen molar-refractivity contribution in [3.8, 4) is 0 Å². The first-order valence-electron chi connectivity index (χ1n) is 10.5. The molecule has 4 nitrogen and oxygen atoms in total. The Morgan fingerprint density at radius 1 is 1.04 bits per heavy atom. The van der Waals surface area contributed by atoms with E-state index in [1.165, 1.54) is 69.2 Å². The number of aliphatic imine (C=N–C) groups is 1. The standard InChI is InChI=1S/C22H36N4/c1-18-8-10-19(11-9-18)12-15-24-22(23-2)25-20-13-16-26(17-14-20)21-6-4-3-5-7-21/h8-11,20-21H,3-7,12-17H2,1-2H3,(H2,23,24,25). The van der Waals surface area contributed by atoms with Gasteiger partial charge < -0.3 is 15.5 Å². The molecule has 0 aromatic heterocycles. The van der Waals surface area contributed by atoms with Crippen LogP contribution in [0.1, 0.15) is 56.1 Å². The minimum absolute atomic E-state index is 0.556. The van der Waals surface area contributed by atoms with Crippen molar-refractivity contribution in [1.29, 1.82) is 0 Å². The molecule has 0 spiro atoms. The summed E-state index contributed by atoms with van der Waals surface area (Å²) in [5, 5.41) is 7.12. The Morgan fingerprint density at radius 3 is 2.38 bits per heavy atom. The maximum absolute atomic E-state index is 4.42. The molecule has 2 fully saturated rings. The predicted octanol–water partition coefficient (Wildman–Crippen LogP) is 3.50.